The predicted molar refractivity (Wildman–Crippen MR) is 81.6 cm³/mol. The van der Waals surface area contributed by atoms with E-state index >= 15 is 0 Å². The van der Waals surface area contributed by atoms with Gasteiger partial charge in [-0.25, -0.2) is 4.98 Å². The highest BCUT2D eigenvalue weighted by molar-refractivity contribution is 6.02. The van der Waals surface area contributed by atoms with Crippen molar-refractivity contribution in [1.29, 1.82) is 0 Å². The van der Waals surface area contributed by atoms with Gasteiger partial charge in [-0.05, 0) is 12.1 Å². The van der Waals surface area contributed by atoms with Crippen molar-refractivity contribution < 1.29 is 14.2 Å². The van der Waals surface area contributed by atoms with Gasteiger partial charge in [0.2, 0.25) is 11.8 Å². The average Bonchev–Trinajstić information content (AvgIpc) is 3.19. The van der Waals surface area contributed by atoms with Gasteiger partial charge in [0, 0.05) is 10.5 Å². The van der Waals surface area contributed by atoms with E-state index in [2.05, 4.69) is 10.1 Å². The van der Waals surface area contributed by atoms with Crippen LogP contribution >= 0.6 is 0 Å². The molecule has 1 aliphatic heterocycles. The number of benzene rings is 2. The molecule has 3 aromatic rings. The van der Waals surface area contributed by atoms with Crippen molar-refractivity contribution in [1.82, 2.24) is 4.98 Å². The molecule has 2 heterocycles. The molecule has 0 radical (unpaired) electrons. The third-order valence-electron chi connectivity index (χ3n) is 3.70. The first-order valence-electron chi connectivity index (χ1n) is 7.02. The fourth-order valence-electron chi connectivity index (χ4n) is 2.61. The summed E-state index contributed by atoms with van der Waals surface area (Å²) in [6.45, 7) is 0. The fraction of sp³-hybridized carbons (Fsp3) is 0.125. The Kier molecular flexibility index (Phi) is 3.04. The van der Waals surface area contributed by atoms with Crippen molar-refractivity contribution in [3.05, 3.63) is 76.2 Å². The molecule has 0 saturated heterocycles. The second kappa shape index (κ2) is 5.20. The number of fused-ring (bicyclic) bond motifs is 1. The van der Waals surface area contributed by atoms with E-state index in [1.165, 1.54) is 0 Å². The van der Waals surface area contributed by atoms with Gasteiger partial charge < -0.3 is 9.25 Å². The number of nitro groups is 1. The molecular weight excluding hydrogens is 298 g/mol. The lowest BCUT2D eigenvalue weighted by molar-refractivity contribution is -0.512. The molecular formula is C16H11N3O4. The summed E-state index contributed by atoms with van der Waals surface area (Å²) in [4.78, 5) is 20.7. The fourth-order valence-corrected chi connectivity index (χ4v) is 2.61. The number of para-hydroxylation sites is 2. The zero-order valence-electron chi connectivity index (χ0n) is 11.8. The standard InChI is InChI=1S/C16H11N3O4/c20-19(21)14-13(16-17-11-8-4-5-9-12(11)22-16)18-23-15(14)10-6-2-1-3-7-10/h1-9,14-15H. The molecule has 0 bridgehead atoms. The van der Waals surface area contributed by atoms with Crippen LogP contribution in [0.3, 0.4) is 0 Å². The molecule has 0 amide bonds. The van der Waals surface area contributed by atoms with Crippen LogP contribution in [0.15, 0.2) is 64.2 Å². The Hall–Kier alpha value is -3.22. The highest BCUT2D eigenvalue weighted by atomic mass is 16.7. The number of nitrogens with zero attached hydrogens (tertiary/aromatic N) is 3. The van der Waals surface area contributed by atoms with Gasteiger partial charge in [0.1, 0.15) is 5.52 Å². The summed E-state index contributed by atoms with van der Waals surface area (Å²) in [5.41, 5.74) is 1.95. The number of oxime groups is 1. The summed E-state index contributed by atoms with van der Waals surface area (Å²) in [6.07, 6.45) is -0.795. The Bertz CT molecular complexity index is 871. The van der Waals surface area contributed by atoms with Gasteiger partial charge in [0.05, 0.1) is 0 Å². The van der Waals surface area contributed by atoms with Gasteiger partial charge in [-0.3, -0.25) is 10.1 Å². The van der Waals surface area contributed by atoms with Crippen LogP contribution in [0.25, 0.3) is 11.1 Å². The van der Waals surface area contributed by atoms with E-state index in [0.29, 0.717) is 16.7 Å². The molecule has 2 aromatic carbocycles. The Morgan fingerprint density at radius 1 is 1.04 bits per heavy atom. The summed E-state index contributed by atoms with van der Waals surface area (Å²) in [7, 11) is 0. The molecule has 0 spiro atoms. The SMILES string of the molecule is O=[N+]([O-])C1C(c2nc3ccccc3o2)=NOC1c1ccccc1. The third kappa shape index (κ3) is 2.22. The van der Waals surface area contributed by atoms with Crippen molar-refractivity contribution in [2.75, 3.05) is 0 Å². The number of hydrogen-bond donors (Lipinski definition) is 0. The number of hydrogen-bond acceptors (Lipinski definition) is 6. The van der Waals surface area contributed by atoms with Gasteiger partial charge >= 0.3 is 6.04 Å². The highest BCUT2D eigenvalue weighted by Gasteiger charge is 2.47. The van der Waals surface area contributed by atoms with Crippen LogP contribution in [0.4, 0.5) is 0 Å². The van der Waals surface area contributed by atoms with Crippen LogP contribution in [-0.4, -0.2) is 21.7 Å². The summed E-state index contributed by atoms with van der Waals surface area (Å²) >= 11 is 0. The lowest BCUT2D eigenvalue weighted by Crippen LogP contribution is -2.32. The van der Waals surface area contributed by atoms with Crippen LogP contribution in [0, 0.1) is 10.1 Å². The van der Waals surface area contributed by atoms with Crippen LogP contribution in [0.2, 0.25) is 0 Å². The van der Waals surface area contributed by atoms with E-state index in [1.54, 1.807) is 36.4 Å². The van der Waals surface area contributed by atoms with Gasteiger partial charge in [-0.1, -0.05) is 47.6 Å². The monoisotopic (exact) mass is 309 g/mol. The summed E-state index contributed by atoms with van der Waals surface area (Å²) in [6, 6.07) is 15.0. The maximum Gasteiger partial charge on any atom is 0.306 e. The smallest absolute Gasteiger partial charge is 0.306 e. The lowest BCUT2D eigenvalue weighted by atomic mass is 10.00. The number of oxazole rings is 1. The average molecular weight is 309 g/mol. The molecule has 0 saturated carbocycles. The van der Waals surface area contributed by atoms with E-state index in [9.17, 15) is 10.1 Å². The van der Waals surface area contributed by atoms with E-state index in [1.807, 2.05) is 18.2 Å². The van der Waals surface area contributed by atoms with Crippen molar-refractivity contribution >= 4 is 16.8 Å². The maximum atomic E-state index is 11.6. The Morgan fingerprint density at radius 3 is 2.52 bits per heavy atom. The van der Waals surface area contributed by atoms with Crippen molar-refractivity contribution in [2.24, 2.45) is 5.16 Å². The number of aromatic nitrogens is 1. The van der Waals surface area contributed by atoms with Crippen LogP contribution in [0.5, 0.6) is 0 Å². The van der Waals surface area contributed by atoms with Crippen LogP contribution in [0.1, 0.15) is 17.6 Å². The molecule has 23 heavy (non-hydrogen) atoms. The van der Waals surface area contributed by atoms with E-state index in [4.69, 9.17) is 9.25 Å². The Labute approximate surface area is 130 Å². The number of rotatable bonds is 3. The second-order valence-corrected chi connectivity index (χ2v) is 5.13. The third-order valence-corrected chi connectivity index (χ3v) is 3.70. The summed E-state index contributed by atoms with van der Waals surface area (Å²) < 4.78 is 5.59. The van der Waals surface area contributed by atoms with Gasteiger partial charge in [-0.15, -0.1) is 0 Å². The van der Waals surface area contributed by atoms with Crippen LogP contribution in [-0.2, 0) is 4.84 Å². The summed E-state index contributed by atoms with van der Waals surface area (Å²) in [5.74, 6) is 0.117. The van der Waals surface area contributed by atoms with Gasteiger partial charge in [-0.2, -0.15) is 0 Å². The van der Waals surface area contributed by atoms with E-state index in [-0.39, 0.29) is 11.6 Å². The van der Waals surface area contributed by atoms with Gasteiger partial charge in [0.15, 0.2) is 5.58 Å². The van der Waals surface area contributed by atoms with E-state index < -0.39 is 17.1 Å². The first-order chi connectivity index (χ1) is 11.2. The molecule has 0 aliphatic carbocycles. The molecule has 2 unspecified atom stereocenters. The zero-order chi connectivity index (χ0) is 15.8. The molecule has 4 rings (SSSR count). The molecule has 0 fully saturated rings. The Balaban J connectivity index is 1.75. The quantitative estimate of drug-likeness (QED) is 0.548. The molecule has 114 valence electrons. The van der Waals surface area contributed by atoms with Crippen molar-refractivity contribution in [3.63, 3.8) is 0 Å². The highest BCUT2D eigenvalue weighted by Crippen LogP contribution is 2.32. The molecule has 1 aromatic heterocycles. The van der Waals surface area contributed by atoms with E-state index in [0.717, 1.165) is 0 Å². The normalized spacial score (nSPS) is 20.3. The molecule has 0 N–H and O–H groups in total. The van der Waals surface area contributed by atoms with Crippen LogP contribution < -0.4 is 0 Å². The largest absolute Gasteiger partial charge is 0.435 e. The predicted octanol–water partition coefficient (Wildman–Crippen LogP) is 2.95. The van der Waals surface area contributed by atoms with Crippen molar-refractivity contribution in [2.45, 2.75) is 12.1 Å². The topological polar surface area (TPSA) is 90.8 Å². The van der Waals surface area contributed by atoms with Crippen molar-refractivity contribution in [3.8, 4) is 0 Å². The molecule has 7 nitrogen and oxygen atoms in total. The minimum absolute atomic E-state index is 0.0973. The Morgan fingerprint density at radius 2 is 1.78 bits per heavy atom. The molecule has 1 aliphatic rings. The summed E-state index contributed by atoms with van der Waals surface area (Å²) in [5, 5.41) is 15.4. The minimum Gasteiger partial charge on any atom is -0.435 e. The minimum atomic E-state index is -1.16. The maximum absolute atomic E-state index is 11.6. The zero-order valence-corrected chi connectivity index (χ0v) is 11.8. The molecule has 7 heteroatoms. The lowest BCUT2D eigenvalue weighted by Gasteiger charge is -2.11. The first-order valence-corrected chi connectivity index (χ1v) is 7.02. The second-order valence-electron chi connectivity index (χ2n) is 5.13. The first kappa shape index (κ1) is 13.4. The van der Waals surface area contributed by atoms with Gasteiger partial charge in [0.25, 0.3) is 5.89 Å². The molecule has 2 atom stereocenters.